The van der Waals surface area contributed by atoms with Crippen LogP contribution in [0.4, 0.5) is 4.39 Å². The molecule has 4 rings (SSSR count). The summed E-state index contributed by atoms with van der Waals surface area (Å²) in [7, 11) is 3.48. The Morgan fingerprint density at radius 1 is 1.16 bits per heavy atom. The summed E-state index contributed by atoms with van der Waals surface area (Å²) in [5.41, 5.74) is 4.99. The van der Waals surface area contributed by atoms with Gasteiger partial charge in [0, 0.05) is 25.8 Å². The summed E-state index contributed by atoms with van der Waals surface area (Å²) in [6.45, 7) is 7.25. The van der Waals surface area contributed by atoms with E-state index in [1.54, 1.807) is 38.6 Å². The summed E-state index contributed by atoms with van der Waals surface area (Å²) >= 11 is 0. The number of hydrogen-bond acceptors (Lipinski definition) is 5. The van der Waals surface area contributed by atoms with Crippen molar-refractivity contribution in [2.75, 3.05) is 33.8 Å². The van der Waals surface area contributed by atoms with Crippen LogP contribution < -0.4 is 4.74 Å². The summed E-state index contributed by atoms with van der Waals surface area (Å²) < 4.78 is 18.9. The van der Waals surface area contributed by atoms with Gasteiger partial charge in [0.15, 0.2) is 11.6 Å². The molecule has 0 N–H and O–H groups in total. The van der Waals surface area contributed by atoms with Crippen molar-refractivity contribution in [2.45, 2.75) is 13.3 Å². The maximum absolute atomic E-state index is 13.8. The lowest BCUT2D eigenvalue weighted by atomic mass is 10.0. The minimum Gasteiger partial charge on any atom is -0.494 e. The van der Waals surface area contributed by atoms with Crippen LogP contribution in [0.5, 0.6) is 5.75 Å². The molecular weight excluding hydrogens is 467 g/mol. The molecule has 3 aromatic rings. The van der Waals surface area contributed by atoms with Crippen molar-refractivity contribution >= 4 is 22.8 Å². The average Bonchev–Trinajstić information content (AvgIpc) is 2.93. The van der Waals surface area contributed by atoms with Gasteiger partial charge in [-0.1, -0.05) is 49.1 Å². The van der Waals surface area contributed by atoms with Crippen LogP contribution in [0, 0.1) is 12.7 Å². The molecule has 0 radical (unpaired) electrons. The molecule has 0 saturated heterocycles. The van der Waals surface area contributed by atoms with Gasteiger partial charge in [-0.15, -0.1) is 0 Å². The molecule has 7 heteroatoms. The zero-order valence-electron chi connectivity index (χ0n) is 21.4. The zero-order chi connectivity index (χ0) is 26.4. The number of aryl methyl sites for hydroxylation is 1. The summed E-state index contributed by atoms with van der Waals surface area (Å²) in [5.74, 6) is 1.05. The molecule has 190 valence electrons. The predicted molar refractivity (Wildman–Crippen MR) is 145 cm³/mol. The number of ether oxygens (including phenoxy) is 1. The SMILES string of the molecule is C=C(/C=C(/c1ccccc1)N(C)CC(=O)N1CC=C(c2ncc(OC)cn2)CC1)c1ccc(F)c(C)c1. The molecule has 0 spiro atoms. The molecule has 1 amide bonds. The van der Waals surface area contributed by atoms with Crippen molar-refractivity contribution in [3.05, 3.63) is 108 Å². The Bertz CT molecular complexity index is 1330. The van der Waals surface area contributed by atoms with Crippen molar-refractivity contribution in [3.8, 4) is 5.75 Å². The van der Waals surface area contributed by atoms with E-state index in [9.17, 15) is 9.18 Å². The summed E-state index contributed by atoms with van der Waals surface area (Å²) in [5, 5.41) is 0. The largest absolute Gasteiger partial charge is 0.494 e. The first-order valence-corrected chi connectivity index (χ1v) is 12.1. The summed E-state index contributed by atoms with van der Waals surface area (Å²) in [4.78, 5) is 25.7. The van der Waals surface area contributed by atoms with E-state index in [-0.39, 0.29) is 18.3 Å². The minimum absolute atomic E-state index is 0.0264. The van der Waals surface area contributed by atoms with Gasteiger partial charge in [-0.3, -0.25) is 4.79 Å². The fourth-order valence-electron chi connectivity index (χ4n) is 4.19. The number of allylic oxidation sites excluding steroid dienone is 2. The summed E-state index contributed by atoms with van der Waals surface area (Å²) in [6, 6.07) is 14.8. The van der Waals surface area contributed by atoms with Crippen LogP contribution in [0.25, 0.3) is 16.8 Å². The van der Waals surface area contributed by atoms with E-state index in [0.717, 1.165) is 28.0 Å². The van der Waals surface area contributed by atoms with E-state index in [4.69, 9.17) is 4.74 Å². The van der Waals surface area contributed by atoms with Gasteiger partial charge in [-0.25, -0.2) is 14.4 Å². The Hall–Kier alpha value is -4.26. The van der Waals surface area contributed by atoms with E-state index < -0.39 is 0 Å². The van der Waals surface area contributed by atoms with Crippen LogP contribution in [0.1, 0.15) is 28.9 Å². The van der Waals surface area contributed by atoms with Crippen LogP contribution >= 0.6 is 0 Å². The maximum atomic E-state index is 13.8. The molecule has 1 aliphatic heterocycles. The zero-order valence-corrected chi connectivity index (χ0v) is 21.4. The number of aromatic nitrogens is 2. The lowest BCUT2D eigenvalue weighted by Gasteiger charge is -2.30. The molecule has 37 heavy (non-hydrogen) atoms. The Kier molecular flexibility index (Phi) is 8.13. The molecule has 0 bridgehead atoms. The standard InChI is InChI=1S/C30H31FN4O2/c1-21(25-10-11-27(31)22(2)16-25)17-28(23-8-6-5-7-9-23)34(3)20-29(36)35-14-12-24(13-15-35)30-32-18-26(37-4)19-33-30/h5-12,16-19H,1,13-15,20H2,2-4H3/b28-17-. The predicted octanol–water partition coefficient (Wildman–Crippen LogP) is 5.23. The van der Waals surface area contributed by atoms with Crippen LogP contribution in [0.2, 0.25) is 0 Å². The van der Waals surface area contributed by atoms with Crippen molar-refractivity contribution in [2.24, 2.45) is 0 Å². The Morgan fingerprint density at radius 3 is 2.51 bits per heavy atom. The number of likely N-dealkylation sites (N-methyl/N-ethyl adjacent to an activating group) is 1. The number of amides is 1. The number of halogens is 1. The third-order valence-corrected chi connectivity index (χ3v) is 6.41. The monoisotopic (exact) mass is 498 g/mol. The van der Waals surface area contributed by atoms with Gasteiger partial charge in [-0.05, 0) is 59.4 Å². The molecule has 0 saturated carbocycles. The van der Waals surface area contributed by atoms with E-state index >= 15 is 0 Å². The fraction of sp³-hybridized carbons (Fsp3) is 0.233. The minimum atomic E-state index is -0.246. The lowest BCUT2D eigenvalue weighted by molar-refractivity contribution is -0.131. The van der Waals surface area contributed by atoms with Crippen LogP contribution in [-0.2, 0) is 4.79 Å². The van der Waals surface area contributed by atoms with Gasteiger partial charge in [-0.2, -0.15) is 0 Å². The number of carbonyl (C=O) groups is 1. The van der Waals surface area contributed by atoms with Crippen molar-refractivity contribution in [1.29, 1.82) is 0 Å². The van der Waals surface area contributed by atoms with E-state index in [0.29, 0.717) is 36.6 Å². The molecule has 1 aliphatic rings. The average molecular weight is 499 g/mol. The van der Waals surface area contributed by atoms with Crippen molar-refractivity contribution < 1.29 is 13.9 Å². The smallest absolute Gasteiger partial charge is 0.242 e. The third-order valence-electron chi connectivity index (χ3n) is 6.41. The number of benzene rings is 2. The molecular formula is C30H31FN4O2. The second-order valence-electron chi connectivity index (χ2n) is 9.01. The summed E-state index contributed by atoms with van der Waals surface area (Å²) in [6.07, 6.45) is 7.94. The molecule has 1 aromatic heterocycles. The van der Waals surface area contributed by atoms with Gasteiger partial charge in [0.25, 0.3) is 0 Å². The first kappa shape index (κ1) is 25.8. The highest BCUT2D eigenvalue weighted by molar-refractivity contribution is 5.85. The second kappa shape index (κ2) is 11.6. The normalized spacial score (nSPS) is 13.7. The van der Waals surface area contributed by atoms with Gasteiger partial charge >= 0.3 is 0 Å². The molecule has 2 aromatic carbocycles. The quantitative estimate of drug-likeness (QED) is 0.398. The first-order chi connectivity index (χ1) is 17.9. The van der Waals surface area contributed by atoms with Gasteiger partial charge in [0.05, 0.1) is 26.0 Å². The molecule has 0 aliphatic carbocycles. The number of hydrogen-bond donors (Lipinski definition) is 0. The second-order valence-corrected chi connectivity index (χ2v) is 9.01. The number of methoxy groups -OCH3 is 1. The van der Waals surface area contributed by atoms with Gasteiger partial charge in [0.1, 0.15) is 5.82 Å². The fourth-order valence-corrected chi connectivity index (χ4v) is 4.19. The van der Waals surface area contributed by atoms with E-state index in [1.807, 2.05) is 59.3 Å². The van der Waals surface area contributed by atoms with Gasteiger partial charge in [0.2, 0.25) is 5.91 Å². The third kappa shape index (κ3) is 6.30. The van der Waals surface area contributed by atoms with Crippen LogP contribution in [-0.4, -0.2) is 59.5 Å². The Labute approximate surface area is 217 Å². The lowest BCUT2D eigenvalue weighted by Crippen LogP contribution is -2.40. The Morgan fingerprint density at radius 2 is 1.89 bits per heavy atom. The van der Waals surface area contributed by atoms with Gasteiger partial charge < -0.3 is 14.5 Å². The Balaban J connectivity index is 1.48. The topological polar surface area (TPSA) is 58.6 Å². The van der Waals surface area contributed by atoms with Crippen molar-refractivity contribution in [1.82, 2.24) is 19.8 Å². The molecule has 0 atom stereocenters. The maximum Gasteiger partial charge on any atom is 0.242 e. The first-order valence-electron chi connectivity index (χ1n) is 12.1. The number of nitrogens with zero attached hydrogens (tertiary/aromatic N) is 4. The van der Waals surface area contributed by atoms with Crippen LogP contribution in [0.3, 0.4) is 0 Å². The van der Waals surface area contributed by atoms with Crippen LogP contribution in [0.15, 0.2) is 79.7 Å². The molecule has 6 nitrogen and oxygen atoms in total. The molecule has 2 heterocycles. The number of carbonyl (C=O) groups excluding carboxylic acids is 1. The number of rotatable bonds is 8. The van der Waals surface area contributed by atoms with Crippen molar-refractivity contribution in [3.63, 3.8) is 0 Å². The van der Waals surface area contributed by atoms with E-state index in [2.05, 4.69) is 16.5 Å². The van der Waals surface area contributed by atoms with E-state index in [1.165, 1.54) is 6.07 Å². The highest BCUT2D eigenvalue weighted by atomic mass is 19.1. The molecule has 0 unspecified atom stereocenters. The molecule has 0 fully saturated rings. The highest BCUT2D eigenvalue weighted by Crippen LogP contribution is 2.26. The highest BCUT2D eigenvalue weighted by Gasteiger charge is 2.21.